The Balaban J connectivity index is 4.24. The molecule has 0 aliphatic heterocycles. The van der Waals surface area contributed by atoms with Crippen molar-refractivity contribution in [3.8, 4) is 0 Å². The number of allylic oxidation sites excluding steroid dienone is 12. The molecule has 61 heavy (non-hydrogen) atoms. The highest BCUT2D eigenvalue weighted by atomic mass is 31.2. The van der Waals surface area contributed by atoms with Gasteiger partial charge >= 0.3 is 5.97 Å². The number of phosphoric ester groups is 1. The molecule has 354 valence electrons. The van der Waals surface area contributed by atoms with E-state index in [2.05, 4.69) is 86.8 Å². The van der Waals surface area contributed by atoms with Gasteiger partial charge in [0.25, 0.3) is 7.82 Å². The maximum atomic E-state index is 12.7. The van der Waals surface area contributed by atoms with E-state index < -0.39 is 13.9 Å². The van der Waals surface area contributed by atoms with Crippen LogP contribution < -0.4 is 4.89 Å². The topological polar surface area (TPSA) is 94.1 Å². The zero-order valence-corrected chi connectivity index (χ0v) is 41.0. The number of esters is 1. The first-order valence-electron chi connectivity index (χ1n) is 24.7. The molecule has 0 saturated carbocycles. The number of hydrogen-bond acceptors (Lipinski definition) is 7. The van der Waals surface area contributed by atoms with Crippen molar-refractivity contribution in [3.63, 3.8) is 0 Å². The van der Waals surface area contributed by atoms with Crippen molar-refractivity contribution in [2.24, 2.45) is 0 Å². The van der Waals surface area contributed by atoms with Crippen LogP contribution >= 0.6 is 7.82 Å². The number of unbranched alkanes of at least 4 members (excludes halogenated alkanes) is 19. The van der Waals surface area contributed by atoms with Crippen LogP contribution in [0.1, 0.15) is 194 Å². The monoisotopic (exact) mass is 876 g/mol. The maximum absolute atomic E-state index is 12.7. The fourth-order valence-corrected chi connectivity index (χ4v) is 7.18. The number of phosphoric acid groups is 1. The second-order valence-electron chi connectivity index (χ2n) is 17.4. The van der Waals surface area contributed by atoms with Crippen LogP contribution in [-0.4, -0.2) is 70.7 Å². The first kappa shape index (κ1) is 58.9. The van der Waals surface area contributed by atoms with Crippen molar-refractivity contribution in [2.45, 2.75) is 200 Å². The van der Waals surface area contributed by atoms with E-state index in [9.17, 15) is 14.3 Å². The zero-order valence-electron chi connectivity index (χ0n) is 40.1. The Bertz CT molecular complexity index is 1200. The van der Waals surface area contributed by atoms with Crippen LogP contribution in [0.25, 0.3) is 0 Å². The van der Waals surface area contributed by atoms with E-state index in [0.717, 1.165) is 83.5 Å². The largest absolute Gasteiger partial charge is 0.756 e. The van der Waals surface area contributed by atoms with Gasteiger partial charge in [0.15, 0.2) is 0 Å². The van der Waals surface area contributed by atoms with Gasteiger partial charge in [-0.25, -0.2) is 0 Å². The standard InChI is InChI=1S/C52H94NO7P/c1-6-8-10-12-14-16-18-20-22-24-26-27-28-29-31-33-35-37-39-41-43-45-52(54)60-51(50-59-61(55,56)58-48-46-53(3,4)5)49-57-47-44-42-40-38-36-34-32-30-25-23-21-19-17-15-13-11-9-7-2/h8,10,14,16,20-23,26-27,29,31,51H,6-7,9,11-13,15,17-19,24-25,28,30,32-50H2,1-5H3/b10-8-,16-14-,22-20-,23-21-,27-26-,31-29-. The Morgan fingerprint density at radius 2 is 0.951 bits per heavy atom. The Hall–Kier alpha value is -2.06. The lowest BCUT2D eigenvalue weighted by atomic mass is 10.1. The molecule has 0 amide bonds. The van der Waals surface area contributed by atoms with E-state index >= 15 is 0 Å². The molecule has 0 rings (SSSR count). The number of carbonyl (C=O) groups excluding carboxylic acids is 1. The van der Waals surface area contributed by atoms with Crippen LogP contribution in [0.15, 0.2) is 72.9 Å². The zero-order chi connectivity index (χ0) is 44.8. The molecule has 0 saturated heterocycles. The van der Waals surface area contributed by atoms with Gasteiger partial charge in [0, 0.05) is 13.0 Å². The highest BCUT2D eigenvalue weighted by molar-refractivity contribution is 7.45. The summed E-state index contributed by atoms with van der Waals surface area (Å²) in [6, 6.07) is 0. The summed E-state index contributed by atoms with van der Waals surface area (Å²) in [7, 11) is 1.33. The van der Waals surface area contributed by atoms with Gasteiger partial charge in [-0.15, -0.1) is 0 Å². The molecule has 0 aromatic heterocycles. The minimum absolute atomic E-state index is 0.0181. The van der Waals surface area contributed by atoms with Crippen molar-refractivity contribution in [3.05, 3.63) is 72.9 Å². The van der Waals surface area contributed by atoms with Crippen molar-refractivity contribution in [1.82, 2.24) is 0 Å². The Kier molecular flexibility index (Phi) is 43.0. The smallest absolute Gasteiger partial charge is 0.306 e. The first-order chi connectivity index (χ1) is 29.6. The van der Waals surface area contributed by atoms with Gasteiger partial charge in [0.1, 0.15) is 19.3 Å². The fourth-order valence-electron chi connectivity index (χ4n) is 6.45. The molecule has 0 N–H and O–H groups in total. The number of rotatable bonds is 45. The molecule has 0 aromatic carbocycles. The Morgan fingerprint density at radius 3 is 1.44 bits per heavy atom. The van der Waals surface area contributed by atoms with E-state index in [1.807, 2.05) is 21.1 Å². The minimum atomic E-state index is -4.54. The molecule has 0 aromatic rings. The van der Waals surface area contributed by atoms with Crippen LogP contribution in [0.4, 0.5) is 0 Å². The van der Waals surface area contributed by atoms with Gasteiger partial charge in [-0.2, -0.15) is 0 Å². The molecule has 0 bridgehead atoms. The average Bonchev–Trinajstić information content (AvgIpc) is 3.22. The van der Waals surface area contributed by atoms with E-state index in [-0.39, 0.29) is 32.2 Å². The van der Waals surface area contributed by atoms with Crippen LogP contribution in [0.3, 0.4) is 0 Å². The number of hydrogen-bond donors (Lipinski definition) is 0. The minimum Gasteiger partial charge on any atom is -0.756 e. The van der Waals surface area contributed by atoms with Crippen molar-refractivity contribution in [2.75, 3.05) is 54.1 Å². The Morgan fingerprint density at radius 1 is 0.525 bits per heavy atom. The summed E-state index contributed by atoms with van der Waals surface area (Å²) in [6.45, 7) is 5.26. The molecule has 0 aliphatic carbocycles. The SMILES string of the molecule is CC/C=C\C/C=C\C/C=C\C/C=C\C/C=C\CCCCCCCC(=O)OC(COCCCCCCCCCC/C=C\CCCCCCCC)COP(=O)([O-])OCC[N+](C)(C)C. The summed E-state index contributed by atoms with van der Waals surface area (Å²) in [6.07, 6.45) is 57.7. The first-order valence-corrected chi connectivity index (χ1v) is 26.1. The number of nitrogens with zero attached hydrogens (tertiary/aromatic N) is 1. The molecule has 0 spiro atoms. The van der Waals surface area contributed by atoms with Crippen LogP contribution in [-0.2, 0) is 27.9 Å². The summed E-state index contributed by atoms with van der Waals surface area (Å²) in [4.78, 5) is 25.1. The van der Waals surface area contributed by atoms with Gasteiger partial charge in [0.05, 0.1) is 34.4 Å². The lowest BCUT2D eigenvalue weighted by Gasteiger charge is -2.28. The van der Waals surface area contributed by atoms with Gasteiger partial charge in [-0.3, -0.25) is 9.36 Å². The highest BCUT2D eigenvalue weighted by Gasteiger charge is 2.20. The van der Waals surface area contributed by atoms with Gasteiger partial charge < -0.3 is 27.9 Å². The van der Waals surface area contributed by atoms with Crippen LogP contribution in [0.5, 0.6) is 0 Å². The predicted molar refractivity (Wildman–Crippen MR) is 259 cm³/mol. The molecule has 2 unspecified atom stereocenters. The normalized spacial score (nSPS) is 14.3. The van der Waals surface area contributed by atoms with Gasteiger partial charge in [0.2, 0.25) is 0 Å². The third-order valence-electron chi connectivity index (χ3n) is 10.2. The van der Waals surface area contributed by atoms with E-state index in [1.54, 1.807) is 0 Å². The summed E-state index contributed by atoms with van der Waals surface area (Å²) >= 11 is 0. The number of carbonyl (C=O) groups is 1. The number of ether oxygens (including phenoxy) is 2. The summed E-state index contributed by atoms with van der Waals surface area (Å²) in [5.41, 5.74) is 0. The predicted octanol–water partition coefficient (Wildman–Crippen LogP) is 14.4. The fraction of sp³-hybridized carbons (Fsp3) is 0.750. The lowest BCUT2D eigenvalue weighted by molar-refractivity contribution is -0.870. The summed E-state index contributed by atoms with van der Waals surface area (Å²) in [5, 5.41) is 0. The number of likely N-dealkylation sites (N-methyl/N-ethyl adjacent to an activating group) is 1. The second kappa shape index (κ2) is 44.5. The maximum Gasteiger partial charge on any atom is 0.306 e. The molecule has 0 fully saturated rings. The van der Waals surface area contributed by atoms with Crippen molar-refractivity contribution >= 4 is 13.8 Å². The van der Waals surface area contributed by atoms with Gasteiger partial charge in [-0.1, -0.05) is 177 Å². The van der Waals surface area contributed by atoms with Gasteiger partial charge in [-0.05, 0) is 83.5 Å². The third kappa shape index (κ3) is 48.8. The number of quaternary nitrogens is 1. The third-order valence-corrected chi connectivity index (χ3v) is 11.2. The average molecular weight is 876 g/mol. The Labute approximate surface area is 376 Å². The summed E-state index contributed by atoms with van der Waals surface area (Å²) in [5.74, 6) is -0.355. The highest BCUT2D eigenvalue weighted by Crippen LogP contribution is 2.38. The van der Waals surface area contributed by atoms with Crippen molar-refractivity contribution < 1.29 is 37.3 Å². The molecular weight excluding hydrogens is 782 g/mol. The van der Waals surface area contributed by atoms with Crippen LogP contribution in [0.2, 0.25) is 0 Å². The van der Waals surface area contributed by atoms with E-state index in [4.69, 9.17) is 18.5 Å². The molecule has 0 radical (unpaired) electrons. The quantitative estimate of drug-likeness (QED) is 0.0198. The summed E-state index contributed by atoms with van der Waals surface area (Å²) < 4.78 is 34.7. The van der Waals surface area contributed by atoms with Crippen molar-refractivity contribution in [1.29, 1.82) is 0 Å². The van der Waals surface area contributed by atoms with E-state index in [0.29, 0.717) is 17.6 Å². The molecule has 9 heteroatoms. The molecular formula is C52H94NO7P. The molecule has 0 heterocycles. The molecule has 8 nitrogen and oxygen atoms in total. The molecule has 2 atom stereocenters. The second-order valence-corrected chi connectivity index (χ2v) is 18.8. The van der Waals surface area contributed by atoms with Crippen LogP contribution in [0, 0.1) is 0 Å². The lowest BCUT2D eigenvalue weighted by Crippen LogP contribution is -2.37. The molecule has 0 aliphatic rings. The van der Waals surface area contributed by atoms with E-state index in [1.165, 1.54) is 89.9 Å².